The Morgan fingerprint density at radius 2 is 1.67 bits per heavy atom. The van der Waals surface area contributed by atoms with Crippen LogP contribution >= 0.6 is 11.6 Å². The molecule has 0 saturated carbocycles. The van der Waals surface area contributed by atoms with Crippen LogP contribution in [0.1, 0.15) is 56.7 Å². The summed E-state index contributed by atoms with van der Waals surface area (Å²) in [5, 5.41) is 17.7. The van der Waals surface area contributed by atoms with E-state index in [9.17, 15) is 19.5 Å². The number of nitrogens with zero attached hydrogens (tertiary/aromatic N) is 2. The van der Waals surface area contributed by atoms with Crippen LogP contribution in [-0.4, -0.2) is 27.3 Å². The quantitative estimate of drug-likeness (QED) is 0.131. The maximum atomic E-state index is 14.5. The van der Waals surface area contributed by atoms with Gasteiger partial charge in [0.2, 0.25) is 11.8 Å². The molecule has 4 aromatic carbocycles. The van der Waals surface area contributed by atoms with Crippen molar-refractivity contribution >= 4 is 46.3 Å². The minimum Gasteiger partial charge on any atom is -0.506 e. The smallest absolute Gasteiger partial charge is 0.228 e. The van der Waals surface area contributed by atoms with Crippen LogP contribution in [-0.2, 0) is 21.0 Å². The molecule has 7 rings (SSSR count). The lowest BCUT2D eigenvalue weighted by molar-refractivity contribution is -0.123. The van der Waals surface area contributed by atoms with Crippen LogP contribution in [0.4, 0.5) is 17.1 Å². The van der Waals surface area contributed by atoms with E-state index in [2.05, 4.69) is 10.6 Å². The molecule has 0 fully saturated rings. The van der Waals surface area contributed by atoms with Crippen molar-refractivity contribution in [3.8, 4) is 17.2 Å². The van der Waals surface area contributed by atoms with Crippen LogP contribution in [0, 0.1) is 5.41 Å². The van der Waals surface area contributed by atoms with E-state index in [0.717, 1.165) is 11.3 Å². The average molecular weight is 715 g/mol. The molecule has 10 heteroatoms. The highest BCUT2D eigenvalue weighted by molar-refractivity contribution is 6.31. The number of nitrogens with one attached hydrogen (secondary N) is 2. The standard InChI is InChI=1S/C42H39ClN4O5/c1-42(2)24-33-39(36(49)25-42)41(31-18-17-30(23-32(31)43)52-26-27-9-4-3-5-10-27)47(34-11-8-12-35(48)40(34)45-33)38(51)20-19-37(50)44-28-13-15-29(16-14-28)46-21-6-7-22-46/h3-18,21-23,41,45,48H,19-20,24-26H2,1-2H3,(H,44,50). The second kappa shape index (κ2) is 14.4. The van der Waals surface area contributed by atoms with Gasteiger partial charge >= 0.3 is 0 Å². The van der Waals surface area contributed by atoms with Gasteiger partial charge in [-0.25, -0.2) is 0 Å². The van der Waals surface area contributed by atoms with Crippen molar-refractivity contribution in [2.45, 2.75) is 52.2 Å². The Hall–Kier alpha value is -5.80. The van der Waals surface area contributed by atoms with Gasteiger partial charge in [0.25, 0.3) is 0 Å². The van der Waals surface area contributed by atoms with Crippen molar-refractivity contribution < 1.29 is 24.2 Å². The molecule has 1 atom stereocenters. The van der Waals surface area contributed by atoms with Crippen molar-refractivity contribution in [1.82, 2.24) is 4.57 Å². The van der Waals surface area contributed by atoms with E-state index in [1.54, 1.807) is 30.3 Å². The summed E-state index contributed by atoms with van der Waals surface area (Å²) in [5.74, 6) is -0.422. The van der Waals surface area contributed by atoms with E-state index in [1.165, 1.54) is 11.0 Å². The number of carbonyl (C=O) groups is 3. The van der Waals surface area contributed by atoms with Crippen LogP contribution in [0.5, 0.6) is 11.5 Å². The first-order valence-electron chi connectivity index (χ1n) is 17.2. The van der Waals surface area contributed by atoms with Gasteiger partial charge in [0, 0.05) is 59.3 Å². The number of halogens is 1. The highest BCUT2D eigenvalue weighted by Crippen LogP contribution is 2.51. The number of aromatic hydroxyl groups is 1. The van der Waals surface area contributed by atoms with Crippen LogP contribution in [0.2, 0.25) is 5.02 Å². The van der Waals surface area contributed by atoms with Crippen LogP contribution in [0.25, 0.3) is 5.69 Å². The van der Waals surface area contributed by atoms with E-state index in [-0.39, 0.29) is 42.1 Å². The summed E-state index contributed by atoms with van der Waals surface area (Å²) in [6, 6.07) is 30.3. The van der Waals surface area contributed by atoms with Crippen LogP contribution < -0.4 is 20.3 Å². The van der Waals surface area contributed by atoms with Crippen molar-refractivity contribution in [1.29, 1.82) is 0 Å². The van der Waals surface area contributed by atoms with E-state index in [1.807, 2.05) is 97.5 Å². The van der Waals surface area contributed by atoms with Gasteiger partial charge in [-0.1, -0.05) is 67.9 Å². The van der Waals surface area contributed by atoms with Gasteiger partial charge in [-0.2, -0.15) is 0 Å². The first-order chi connectivity index (χ1) is 25.1. The third-order valence-corrected chi connectivity index (χ3v) is 9.74. The van der Waals surface area contributed by atoms with Crippen LogP contribution in [0.15, 0.2) is 127 Å². The van der Waals surface area contributed by atoms with Gasteiger partial charge in [0.1, 0.15) is 23.8 Å². The van der Waals surface area contributed by atoms with Crippen molar-refractivity contribution in [3.05, 3.63) is 143 Å². The molecule has 5 aromatic rings. The maximum absolute atomic E-state index is 14.5. The predicted octanol–water partition coefficient (Wildman–Crippen LogP) is 8.98. The number of allylic oxidation sites excluding steroid dienone is 1. The van der Waals surface area contributed by atoms with Gasteiger partial charge in [-0.3, -0.25) is 19.3 Å². The fourth-order valence-corrected chi connectivity index (χ4v) is 7.23. The summed E-state index contributed by atoms with van der Waals surface area (Å²) >= 11 is 7.04. The number of rotatable bonds is 9. The Morgan fingerprint density at radius 1 is 0.923 bits per heavy atom. The first-order valence-corrected chi connectivity index (χ1v) is 17.6. The average Bonchev–Trinajstić information content (AvgIpc) is 3.61. The molecular weight excluding hydrogens is 676 g/mol. The molecule has 1 unspecified atom stereocenters. The number of fused-ring (bicyclic) bond motifs is 1. The molecular formula is C42H39ClN4O5. The molecule has 0 saturated heterocycles. The molecule has 1 aliphatic heterocycles. The zero-order chi connectivity index (χ0) is 36.4. The van der Waals surface area contributed by atoms with Gasteiger partial charge in [-0.05, 0) is 83.6 Å². The molecule has 52 heavy (non-hydrogen) atoms. The third kappa shape index (κ3) is 7.31. The number of phenolic OH excluding ortho intramolecular Hbond substituents is 1. The topological polar surface area (TPSA) is 113 Å². The van der Waals surface area contributed by atoms with Gasteiger partial charge in [-0.15, -0.1) is 0 Å². The molecule has 9 nitrogen and oxygen atoms in total. The van der Waals surface area contributed by atoms with E-state index in [4.69, 9.17) is 16.3 Å². The number of Topliss-reactive ketones (excluding diaryl/α,β-unsaturated/α-hetero) is 1. The van der Waals surface area contributed by atoms with E-state index < -0.39 is 11.9 Å². The SMILES string of the molecule is CC1(C)CC(=O)C2=C(C1)Nc1c(O)cccc1N(C(=O)CCC(=O)Nc1ccc(-n3cccc3)cc1)C2c1ccc(OCc2ccccc2)cc1Cl. The number of aromatic nitrogens is 1. The van der Waals surface area contributed by atoms with Gasteiger partial charge in [0.05, 0.1) is 11.7 Å². The molecule has 1 aromatic heterocycles. The molecule has 264 valence electrons. The summed E-state index contributed by atoms with van der Waals surface area (Å²) < 4.78 is 8.01. The van der Waals surface area contributed by atoms with Gasteiger partial charge in [0.15, 0.2) is 5.78 Å². The number of hydrogen-bond acceptors (Lipinski definition) is 6. The molecule has 3 N–H and O–H groups in total. The van der Waals surface area contributed by atoms with E-state index >= 15 is 0 Å². The Balaban J connectivity index is 1.21. The number of ether oxygens (including phenoxy) is 1. The van der Waals surface area contributed by atoms with E-state index in [0.29, 0.717) is 57.7 Å². The number of anilines is 3. The first kappa shape index (κ1) is 34.6. The highest BCUT2D eigenvalue weighted by atomic mass is 35.5. The summed E-state index contributed by atoms with van der Waals surface area (Å²) in [6.07, 6.45) is 4.35. The predicted molar refractivity (Wildman–Crippen MR) is 203 cm³/mol. The molecule has 2 heterocycles. The molecule has 0 bridgehead atoms. The Labute approximate surface area is 307 Å². The zero-order valence-electron chi connectivity index (χ0n) is 28.9. The second-order valence-corrected chi connectivity index (χ2v) is 14.3. The van der Waals surface area contributed by atoms with Crippen molar-refractivity contribution in [3.63, 3.8) is 0 Å². The number of ketones is 1. The number of para-hydroxylation sites is 1. The number of amides is 2. The molecule has 0 spiro atoms. The molecule has 2 amide bonds. The molecule has 0 radical (unpaired) electrons. The number of benzene rings is 4. The minimum atomic E-state index is -0.943. The Morgan fingerprint density at radius 3 is 2.40 bits per heavy atom. The maximum Gasteiger partial charge on any atom is 0.228 e. The monoisotopic (exact) mass is 714 g/mol. The number of hydrogen-bond donors (Lipinski definition) is 3. The van der Waals surface area contributed by atoms with Crippen LogP contribution in [0.3, 0.4) is 0 Å². The third-order valence-electron chi connectivity index (χ3n) is 9.41. The Kier molecular flexibility index (Phi) is 9.62. The largest absolute Gasteiger partial charge is 0.506 e. The second-order valence-electron chi connectivity index (χ2n) is 13.9. The molecule has 1 aliphatic carbocycles. The van der Waals surface area contributed by atoms with Crippen molar-refractivity contribution in [2.75, 3.05) is 15.5 Å². The fraction of sp³-hybridized carbons (Fsp3) is 0.214. The minimum absolute atomic E-state index is 0.0736. The lowest BCUT2D eigenvalue weighted by atomic mass is 9.73. The summed E-state index contributed by atoms with van der Waals surface area (Å²) in [7, 11) is 0. The number of phenols is 1. The highest BCUT2D eigenvalue weighted by Gasteiger charge is 2.44. The normalized spacial score (nSPS) is 16.3. The van der Waals surface area contributed by atoms with Crippen molar-refractivity contribution in [2.24, 2.45) is 5.41 Å². The lowest BCUT2D eigenvalue weighted by Gasteiger charge is -2.37. The number of carbonyl (C=O) groups excluding carboxylic acids is 3. The zero-order valence-corrected chi connectivity index (χ0v) is 29.7. The Bertz CT molecular complexity index is 2160. The fourth-order valence-electron chi connectivity index (χ4n) is 6.96. The summed E-state index contributed by atoms with van der Waals surface area (Å²) in [6.45, 7) is 4.37. The van der Waals surface area contributed by atoms with Gasteiger partial charge < -0.3 is 25.0 Å². The molecule has 2 aliphatic rings. The summed E-state index contributed by atoms with van der Waals surface area (Å²) in [5.41, 5.74) is 4.40. The summed E-state index contributed by atoms with van der Waals surface area (Å²) in [4.78, 5) is 43.4. The lowest BCUT2D eigenvalue weighted by Crippen LogP contribution is -2.40.